The highest BCUT2D eigenvalue weighted by Crippen LogP contribution is 2.32. The van der Waals surface area contributed by atoms with Gasteiger partial charge in [0.25, 0.3) is 0 Å². The third kappa shape index (κ3) is 2.39. The second kappa shape index (κ2) is 5.21. The molecule has 4 nitrogen and oxygen atoms in total. The summed E-state index contributed by atoms with van der Waals surface area (Å²) in [5.74, 6) is 0.993. The van der Waals surface area contributed by atoms with E-state index in [0.717, 1.165) is 23.6 Å². The Balaban J connectivity index is 2.15. The van der Waals surface area contributed by atoms with E-state index in [1.54, 1.807) is 0 Å². The molecule has 2 atom stereocenters. The number of anilines is 2. The third-order valence-corrected chi connectivity index (χ3v) is 4.74. The van der Waals surface area contributed by atoms with Crippen LogP contribution in [0.4, 0.5) is 11.5 Å². The van der Waals surface area contributed by atoms with E-state index < -0.39 is 0 Å². The lowest BCUT2D eigenvalue weighted by Gasteiger charge is -2.20. The van der Waals surface area contributed by atoms with E-state index in [0.29, 0.717) is 11.3 Å². The Kier molecular flexibility index (Phi) is 3.86. The summed E-state index contributed by atoms with van der Waals surface area (Å²) in [6, 6.07) is 0.535. The summed E-state index contributed by atoms with van der Waals surface area (Å²) in [5.41, 5.74) is 7.94. The second-order valence-electron chi connectivity index (χ2n) is 4.64. The SMILES string of the molecule is CCc1nn(C)c(NC2CCCC2SC)c1N. The molecule has 0 radical (unpaired) electrons. The van der Waals surface area contributed by atoms with Crippen LogP contribution in [-0.2, 0) is 13.5 Å². The van der Waals surface area contributed by atoms with Gasteiger partial charge in [-0.25, -0.2) is 0 Å². The molecule has 3 N–H and O–H groups in total. The van der Waals surface area contributed by atoms with Crippen molar-refractivity contribution >= 4 is 23.3 Å². The Morgan fingerprint density at radius 3 is 2.88 bits per heavy atom. The molecular formula is C12H22N4S. The summed E-state index contributed by atoms with van der Waals surface area (Å²) in [6.07, 6.45) is 6.92. The number of hydrogen-bond donors (Lipinski definition) is 2. The maximum absolute atomic E-state index is 6.13. The number of hydrogen-bond acceptors (Lipinski definition) is 4. The molecule has 1 saturated carbocycles. The summed E-state index contributed by atoms with van der Waals surface area (Å²) >= 11 is 1.95. The molecule has 96 valence electrons. The van der Waals surface area contributed by atoms with Crippen molar-refractivity contribution in [2.24, 2.45) is 7.05 Å². The van der Waals surface area contributed by atoms with Gasteiger partial charge in [-0.1, -0.05) is 13.3 Å². The number of thioether (sulfide) groups is 1. The Bertz CT molecular complexity index is 388. The molecule has 17 heavy (non-hydrogen) atoms. The standard InChI is InChI=1S/C12H22N4S/c1-4-8-11(13)12(16(2)15-8)14-9-6-5-7-10(9)17-3/h9-10,14H,4-7,13H2,1-3H3. The molecular weight excluding hydrogens is 232 g/mol. The normalized spacial score (nSPS) is 24.2. The minimum absolute atomic E-state index is 0.535. The smallest absolute Gasteiger partial charge is 0.148 e. The minimum Gasteiger partial charge on any atom is -0.394 e. The van der Waals surface area contributed by atoms with Crippen molar-refractivity contribution in [1.29, 1.82) is 0 Å². The Labute approximate surface area is 107 Å². The van der Waals surface area contributed by atoms with Crippen molar-refractivity contribution in [2.75, 3.05) is 17.3 Å². The molecule has 1 heterocycles. The van der Waals surface area contributed by atoms with Gasteiger partial charge in [-0.15, -0.1) is 0 Å². The lowest BCUT2D eigenvalue weighted by molar-refractivity contribution is 0.711. The summed E-state index contributed by atoms with van der Waals surface area (Å²) in [4.78, 5) is 0. The van der Waals surface area contributed by atoms with Crippen LogP contribution < -0.4 is 11.1 Å². The first-order valence-electron chi connectivity index (χ1n) is 6.28. The van der Waals surface area contributed by atoms with E-state index in [1.165, 1.54) is 19.3 Å². The van der Waals surface area contributed by atoms with Gasteiger partial charge < -0.3 is 11.1 Å². The zero-order chi connectivity index (χ0) is 12.4. The highest BCUT2D eigenvalue weighted by atomic mass is 32.2. The maximum atomic E-state index is 6.13. The number of aryl methyl sites for hydroxylation is 2. The number of aromatic nitrogens is 2. The quantitative estimate of drug-likeness (QED) is 0.865. The molecule has 1 aliphatic rings. The van der Waals surface area contributed by atoms with Crippen molar-refractivity contribution in [2.45, 2.75) is 43.9 Å². The molecule has 0 bridgehead atoms. The number of nitrogens with two attached hydrogens (primary N) is 1. The minimum atomic E-state index is 0.535. The van der Waals surface area contributed by atoms with Crippen LogP contribution in [0.5, 0.6) is 0 Å². The molecule has 5 heteroatoms. The Morgan fingerprint density at radius 2 is 2.29 bits per heavy atom. The van der Waals surface area contributed by atoms with Crippen molar-refractivity contribution in [3.63, 3.8) is 0 Å². The van der Waals surface area contributed by atoms with Crippen molar-refractivity contribution in [3.05, 3.63) is 5.69 Å². The number of nitrogens with zero attached hydrogens (tertiary/aromatic N) is 2. The fourth-order valence-corrected chi connectivity index (χ4v) is 3.51. The lowest BCUT2D eigenvalue weighted by Crippen LogP contribution is -2.27. The first-order valence-corrected chi connectivity index (χ1v) is 7.56. The second-order valence-corrected chi connectivity index (χ2v) is 5.72. The third-order valence-electron chi connectivity index (χ3n) is 3.57. The van der Waals surface area contributed by atoms with Crippen LogP contribution in [0.3, 0.4) is 0 Å². The predicted octanol–water partition coefficient (Wildman–Crippen LogP) is 2.26. The predicted molar refractivity (Wildman–Crippen MR) is 75.6 cm³/mol. The van der Waals surface area contributed by atoms with Crippen molar-refractivity contribution in [1.82, 2.24) is 9.78 Å². The van der Waals surface area contributed by atoms with E-state index in [1.807, 2.05) is 23.5 Å². The van der Waals surface area contributed by atoms with Gasteiger partial charge in [0.2, 0.25) is 0 Å². The molecule has 0 spiro atoms. The highest BCUT2D eigenvalue weighted by molar-refractivity contribution is 7.99. The zero-order valence-corrected chi connectivity index (χ0v) is 11.7. The molecule has 2 unspecified atom stereocenters. The van der Waals surface area contributed by atoms with Crippen LogP contribution in [0.25, 0.3) is 0 Å². The van der Waals surface area contributed by atoms with Crippen molar-refractivity contribution in [3.8, 4) is 0 Å². The average molecular weight is 254 g/mol. The van der Waals surface area contributed by atoms with Crippen LogP contribution in [0.15, 0.2) is 0 Å². The van der Waals surface area contributed by atoms with Crippen molar-refractivity contribution < 1.29 is 0 Å². The first-order chi connectivity index (χ1) is 8.17. The summed E-state index contributed by atoms with van der Waals surface area (Å²) < 4.78 is 1.88. The fourth-order valence-electron chi connectivity index (χ4n) is 2.58. The molecule has 1 aromatic heterocycles. The van der Waals surface area contributed by atoms with Crippen LogP contribution >= 0.6 is 11.8 Å². The molecule has 1 fully saturated rings. The summed E-state index contributed by atoms with van der Waals surface area (Å²) in [5, 5.41) is 8.73. The topological polar surface area (TPSA) is 55.9 Å². The molecule has 2 rings (SSSR count). The van der Waals surface area contributed by atoms with Gasteiger partial charge in [0.05, 0.1) is 11.4 Å². The van der Waals surface area contributed by atoms with Gasteiger partial charge in [0.15, 0.2) is 0 Å². The average Bonchev–Trinajstić information content (AvgIpc) is 2.88. The fraction of sp³-hybridized carbons (Fsp3) is 0.750. The molecule has 1 aromatic rings. The number of rotatable bonds is 4. The summed E-state index contributed by atoms with van der Waals surface area (Å²) in [7, 11) is 1.96. The van der Waals surface area contributed by atoms with Gasteiger partial charge in [0, 0.05) is 18.3 Å². The molecule has 0 aliphatic heterocycles. The molecule has 0 aromatic carbocycles. The first kappa shape index (κ1) is 12.6. The highest BCUT2D eigenvalue weighted by Gasteiger charge is 2.28. The van der Waals surface area contributed by atoms with E-state index in [-0.39, 0.29) is 0 Å². The van der Waals surface area contributed by atoms with E-state index in [4.69, 9.17) is 5.73 Å². The van der Waals surface area contributed by atoms with Gasteiger partial charge >= 0.3 is 0 Å². The van der Waals surface area contributed by atoms with Gasteiger partial charge in [-0.3, -0.25) is 4.68 Å². The van der Waals surface area contributed by atoms with Gasteiger partial charge in [-0.2, -0.15) is 16.9 Å². The Hall–Kier alpha value is -0.840. The van der Waals surface area contributed by atoms with E-state index in [9.17, 15) is 0 Å². The van der Waals surface area contributed by atoms with Gasteiger partial charge in [0.1, 0.15) is 5.82 Å². The van der Waals surface area contributed by atoms with Gasteiger partial charge in [-0.05, 0) is 25.5 Å². The van der Waals surface area contributed by atoms with Crippen LogP contribution in [-0.4, -0.2) is 27.3 Å². The summed E-state index contributed by atoms with van der Waals surface area (Å²) in [6.45, 7) is 2.09. The largest absolute Gasteiger partial charge is 0.394 e. The monoisotopic (exact) mass is 254 g/mol. The van der Waals surface area contributed by atoms with Crippen LogP contribution in [0.1, 0.15) is 31.9 Å². The number of nitrogen functional groups attached to an aromatic ring is 1. The van der Waals surface area contributed by atoms with Crippen LogP contribution in [0, 0.1) is 0 Å². The van der Waals surface area contributed by atoms with E-state index >= 15 is 0 Å². The Morgan fingerprint density at radius 1 is 1.53 bits per heavy atom. The number of nitrogens with one attached hydrogen (secondary N) is 1. The molecule has 1 aliphatic carbocycles. The maximum Gasteiger partial charge on any atom is 0.148 e. The molecule has 0 amide bonds. The molecule has 0 saturated heterocycles. The lowest BCUT2D eigenvalue weighted by atomic mass is 10.2. The zero-order valence-electron chi connectivity index (χ0n) is 10.9. The van der Waals surface area contributed by atoms with Crippen LogP contribution in [0.2, 0.25) is 0 Å². The van der Waals surface area contributed by atoms with E-state index in [2.05, 4.69) is 23.6 Å².